The smallest absolute Gasteiger partial charge is 0.130 e. The third-order valence-corrected chi connectivity index (χ3v) is 3.53. The van der Waals surface area contributed by atoms with E-state index in [2.05, 4.69) is 17.4 Å². The van der Waals surface area contributed by atoms with Crippen LogP contribution in [0.25, 0.3) is 11.1 Å². The summed E-state index contributed by atoms with van der Waals surface area (Å²) in [6.45, 7) is 1.62. The fourth-order valence-electron chi connectivity index (χ4n) is 2.25. The van der Waals surface area contributed by atoms with Crippen molar-refractivity contribution in [1.29, 1.82) is 0 Å². The summed E-state index contributed by atoms with van der Waals surface area (Å²) in [5.74, 6) is 0.214. The Hall–Kier alpha value is -1.97. The summed E-state index contributed by atoms with van der Waals surface area (Å²) < 4.78 is 0. The van der Waals surface area contributed by atoms with Gasteiger partial charge >= 0.3 is 0 Å². The molecule has 2 aromatic carbocycles. The number of ketones is 1. The number of benzene rings is 2. The molecule has 2 aromatic rings. The molecular formula is C18H21NO2. The van der Waals surface area contributed by atoms with E-state index in [0.29, 0.717) is 6.42 Å². The molecule has 0 heterocycles. The van der Waals surface area contributed by atoms with Crippen LogP contribution in [-0.2, 0) is 11.2 Å². The first-order valence-corrected chi connectivity index (χ1v) is 7.14. The lowest BCUT2D eigenvalue weighted by Gasteiger charge is -2.10. The number of nitrogens with one attached hydrogen (secondary N) is 1. The monoisotopic (exact) mass is 283 g/mol. The maximum atomic E-state index is 11.1. The Bertz CT molecular complexity index is 605. The van der Waals surface area contributed by atoms with Gasteiger partial charge in [-0.2, -0.15) is 0 Å². The maximum Gasteiger partial charge on any atom is 0.130 e. The first-order chi connectivity index (χ1) is 10.1. The highest BCUT2D eigenvalue weighted by Crippen LogP contribution is 2.23. The van der Waals surface area contributed by atoms with E-state index in [1.807, 2.05) is 36.4 Å². The first-order valence-electron chi connectivity index (χ1n) is 7.14. The molecule has 0 saturated carbocycles. The molecule has 1 unspecified atom stereocenters. The van der Waals surface area contributed by atoms with Crippen molar-refractivity contribution in [2.75, 3.05) is 7.05 Å². The van der Waals surface area contributed by atoms with Gasteiger partial charge in [-0.05, 0) is 42.6 Å². The predicted molar refractivity (Wildman–Crippen MR) is 84.9 cm³/mol. The van der Waals surface area contributed by atoms with Crippen molar-refractivity contribution in [3.63, 3.8) is 0 Å². The Morgan fingerprint density at radius 1 is 1.14 bits per heavy atom. The molecule has 3 nitrogen and oxygen atoms in total. The zero-order chi connectivity index (χ0) is 15.2. The first kappa shape index (κ1) is 15.4. The van der Waals surface area contributed by atoms with Crippen molar-refractivity contribution in [2.45, 2.75) is 26.0 Å². The number of aryl methyl sites for hydroxylation is 1. The van der Waals surface area contributed by atoms with E-state index < -0.39 is 6.23 Å². The molecule has 0 aliphatic rings. The highest BCUT2D eigenvalue weighted by molar-refractivity contribution is 5.75. The van der Waals surface area contributed by atoms with Gasteiger partial charge in [-0.1, -0.05) is 48.5 Å². The summed E-state index contributed by atoms with van der Waals surface area (Å²) >= 11 is 0. The Balaban J connectivity index is 2.17. The molecule has 0 aromatic heterocycles. The minimum absolute atomic E-state index is 0.214. The summed E-state index contributed by atoms with van der Waals surface area (Å²) in [6, 6.07) is 16.1. The molecule has 21 heavy (non-hydrogen) atoms. The second kappa shape index (κ2) is 7.16. The average molecular weight is 283 g/mol. The molecule has 0 aliphatic heterocycles. The Labute approximate surface area is 125 Å². The SMILES string of the molecule is CNC(O)c1ccc(-c2cccc(CCC(C)=O)c2)cc1. The van der Waals surface area contributed by atoms with Gasteiger partial charge in [0, 0.05) is 6.42 Å². The molecule has 0 amide bonds. The molecule has 3 heteroatoms. The summed E-state index contributed by atoms with van der Waals surface area (Å²) in [7, 11) is 1.72. The van der Waals surface area contributed by atoms with Crippen LogP contribution in [0.15, 0.2) is 48.5 Å². The third kappa shape index (κ3) is 4.25. The highest BCUT2D eigenvalue weighted by Gasteiger charge is 2.05. The lowest BCUT2D eigenvalue weighted by atomic mass is 9.99. The van der Waals surface area contributed by atoms with Crippen LogP contribution in [0.3, 0.4) is 0 Å². The maximum absolute atomic E-state index is 11.1. The van der Waals surface area contributed by atoms with Gasteiger partial charge in [-0.15, -0.1) is 0 Å². The Kier molecular flexibility index (Phi) is 5.26. The van der Waals surface area contributed by atoms with Crippen LogP contribution in [0.2, 0.25) is 0 Å². The molecule has 0 saturated heterocycles. The van der Waals surface area contributed by atoms with E-state index in [-0.39, 0.29) is 5.78 Å². The van der Waals surface area contributed by atoms with Gasteiger partial charge in [0.15, 0.2) is 0 Å². The topological polar surface area (TPSA) is 49.3 Å². The summed E-state index contributed by atoms with van der Waals surface area (Å²) in [6.07, 6.45) is 0.720. The lowest BCUT2D eigenvalue weighted by Crippen LogP contribution is -2.14. The largest absolute Gasteiger partial charge is 0.374 e. The Morgan fingerprint density at radius 2 is 1.86 bits per heavy atom. The molecule has 0 fully saturated rings. The number of aliphatic hydroxyl groups excluding tert-OH is 1. The molecule has 0 aliphatic carbocycles. The van der Waals surface area contributed by atoms with Crippen molar-refractivity contribution in [2.24, 2.45) is 0 Å². The fraction of sp³-hybridized carbons (Fsp3) is 0.278. The number of carbonyl (C=O) groups excluding carboxylic acids is 1. The normalized spacial score (nSPS) is 12.1. The van der Waals surface area contributed by atoms with E-state index >= 15 is 0 Å². The van der Waals surface area contributed by atoms with Gasteiger partial charge < -0.3 is 9.90 Å². The van der Waals surface area contributed by atoms with E-state index in [9.17, 15) is 9.90 Å². The van der Waals surface area contributed by atoms with Gasteiger partial charge in [0.05, 0.1) is 0 Å². The number of rotatable bonds is 6. The second-order valence-electron chi connectivity index (χ2n) is 5.22. The van der Waals surface area contributed by atoms with Crippen molar-refractivity contribution in [1.82, 2.24) is 5.32 Å². The van der Waals surface area contributed by atoms with Crippen molar-refractivity contribution in [3.05, 3.63) is 59.7 Å². The van der Waals surface area contributed by atoms with Gasteiger partial charge in [0.1, 0.15) is 12.0 Å². The van der Waals surface area contributed by atoms with Crippen LogP contribution in [-0.4, -0.2) is 17.9 Å². The highest BCUT2D eigenvalue weighted by atomic mass is 16.3. The number of Topliss-reactive ketones (excluding diaryl/α,β-unsaturated/α-hetero) is 1. The van der Waals surface area contributed by atoms with Crippen molar-refractivity contribution in [3.8, 4) is 11.1 Å². The zero-order valence-electron chi connectivity index (χ0n) is 12.5. The zero-order valence-corrected chi connectivity index (χ0v) is 12.5. The van der Waals surface area contributed by atoms with Crippen LogP contribution in [0, 0.1) is 0 Å². The van der Waals surface area contributed by atoms with E-state index in [0.717, 1.165) is 23.1 Å². The number of hydrogen-bond acceptors (Lipinski definition) is 3. The van der Waals surface area contributed by atoms with Gasteiger partial charge in [0.2, 0.25) is 0 Å². The predicted octanol–water partition coefficient (Wildman–Crippen LogP) is 3.09. The van der Waals surface area contributed by atoms with E-state index in [1.165, 1.54) is 5.56 Å². The van der Waals surface area contributed by atoms with Crippen molar-refractivity contribution < 1.29 is 9.90 Å². The number of hydrogen-bond donors (Lipinski definition) is 2. The molecule has 0 spiro atoms. The molecule has 0 radical (unpaired) electrons. The molecule has 1 atom stereocenters. The third-order valence-electron chi connectivity index (χ3n) is 3.53. The quantitative estimate of drug-likeness (QED) is 0.801. The molecule has 0 bridgehead atoms. The second-order valence-corrected chi connectivity index (χ2v) is 5.22. The lowest BCUT2D eigenvalue weighted by molar-refractivity contribution is -0.116. The van der Waals surface area contributed by atoms with Crippen LogP contribution in [0.4, 0.5) is 0 Å². The molecule has 2 rings (SSSR count). The molecule has 2 N–H and O–H groups in total. The number of aliphatic hydroxyl groups is 1. The fourth-order valence-corrected chi connectivity index (χ4v) is 2.25. The van der Waals surface area contributed by atoms with Crippen LogP contribution >= 0.6 is 0 Å². The molecular weight excluding hydrogens is 262 g/mol. The van der Waals surface area contributed by atoms with E-state index in [4.69, 9.17) is 0 Å². The minimum atomic E-state index is -0.638. The van der Waals surface area contributed by atoms with Gasteiger partial charge in [-0.3, -0.25) is 5.32 Å². The van der Waals surface area contributed by atoms with Crippen LogP contribution < -0.4 is 5.32 Å². The standard InChI is InChI=1S/C18H21NO2/c1-13(20)6-7-14-4-3-5-17(12-14)15-8-10-16(11-9-15)18(21)19-2/h3-5,8-12,18-19,21H,6-7H2,1-2H3. The Morgan fingerprint density at radius 3 is 2.48 bits per heavy atom. The summed E-state index contributed by atoms with van der Waals surface area (Å²) in [5, 5.41) is 12.5. The van der Waals surface area contributed by atoms with E-state index in [1.54, 1.807) is 14.0 Å². The summed E-state index contributed by atoms with van der Waals surface area (Å²) in [5.41, 5.74) is 4.24. The van der Waals surface area contributed by atoms with Crippen LogP contribution in [0.5, 0.6) is 0 Å². The summed E-state index contributed by atoms with van der Waals surface area (Å²) in [4.78, 5) is 11.1. The minimum Gasteiger partial charge on any atom is -0.374 e. The molecule has 110 valence electrons. The number of carbonyl (C=O) groups is 1. The van der Waals surface area contributed by atoms with Gasteiger partial charge in [0.25, 0.3) is 0 Å². The van der Waals surface area contributed by atoms with Gasteiger partial charge in [-0.25, -0.2) is 0 Å². The average Bonchev–Trinajstić information content (AvgIpc) is 2.52. The van der Waals surface area contributed by atoms with Crippen LogP contribution in [0.1, 0.15) is 30.7 Å². The van der Waals surface area contributed by atoms with Crippen molar-refractivity contribution >= 4 is 5.78 Å².